The van der Waals surface area contributed by atoms with Crippen molar-refractivity contribution in [2.24, 2.45) is 0 Å². The molecule has 0 unspecified atom stereocenters. The van der Waals surface area contributed by atoms with Gasteiger partial charge in [0.25, 0.3) is 5.56 Å². The molecule has 234 valence electrons. The van der Waals surface area contributed by atoms with Crippen LogP contribution in [-0.2, 0) is 0 Å². The molecule has 0 aliphatic rings. The fourth-order valence-corrected chi connectivity index (χ4v) is 5.63. The highest BCUT2D eigenvalue weighted by Gasteiger charge is 2.27. The quantitative estimate of drug-likeness (QED) is 0.142. The maximum Gasteiger partial charge on any atom is 0.326 e. The van der Waals surface area contributed by atoms with E-state index >= 15 is 0 Å². The third-order valence-electron chi connectivity index (χ3n) is 8.01. The second-order valence-corrected chi connectivity index (χ2v) is 12.1. The molecule has 0 fully saturated rings. The van der Waals surface area contributed by atoms with Crippen LogP contribution in [0, 0.1) is 0 Å². The molecule has 2 amide bonds. The van der Waals surface area contributed by atoms with Crippen molar-refractivity contribution < 1.29 is 9.53 Å². The number of urea groups is 1. The molecule has 7 heteroatoms. The number of nitrogens with one attached hydrogen (secondary N) is 2. The van der Waals surface area contributed by atoms with Crippen molar-refractivity contribution in [2.45, 2.75) is 91.9 Å². The van der Waals surface area contributed by atoms with Crippen LogP contribution in [0.2, 0.25) is 0 Å². The van der Waals surface area contributed by atoms with Crippen molar-refractivity contribution in [3.8, 4) is 16.9 Å². The van der Waals surface area contributed by atoms with E-state index in [-0.39, 0.29) is 23.4 Å². The molecule has 0 spiro atoms. The second kappa shape index (κ2) is 15.6. The van der Waals surface area contributed by atoms with Gasteiger partial charge in [-0.2, -0.15) is 0 Å². The third-order valence-corrected chi connectivity index (χ3v) is 8.01. The smallest absolute Gasteiger partial charge is 0.326 e. The van der Waals surface area contributed by atoms with Gasteiger partial charge in [-0.25, -0.2) is 9.78 Å². The molecular formula is C37H48N4O3. The van der Waals surface area contributed by atoms with E-state index in [1.165, 1.54) is 12.8 Å². The van der Waals surface area contributed by atoms with Gasteiger partial charge < -0.3 is 15.0 Å². The number of para-hydroxylation sites is 1. The minimum atomic E-state index is -0.357. The SMILES string of the molecule is CCCCCCOc1cccc(-c2c(N(CCCC)C(=O)Nc3c(C(C)C)cccc3C(C)C)c(=O)[nH]c3ncccc23)c1. The zero-order valence-corrected chi connectivity index (χ0v) is 27.2. The number of fused-ring (bicyclic) bond motifs is 1. The summed E-state index contributed by atoms with van der Waals surface area (Å²) < 4.78 is 6.13. The summed E-state index contributed by atoms with van der Waals surface area (Å²) in [5.74, 6) is 1.16. The monoisotopic (exact) mass is 596 g/mol. The predicted molar refractivity (Wildman–Crippen MR) is 183 cm³/mol. The predicted octanol–water partition coefficient (Wildman–Crippen LogP) is 9.63. The Labute approximate surface area is 262 Å². The van der Waals surface area contributed by atoms with E-state index in [1.807, 2.05) is 42.5 Å². The molecule has 2 heterocycles. The molecule has 0 bridgehead atoms. The second-order valence-electron chi connectivity index (χ2n) is 12.1. The number of hydrogen-bond donors (Lipinski definition) is 2. The summed E-state index contributed by atoms with van der Waals surface area (Å²) in [5, 5.41) is 4.02. The number of aromatic amines is 1. The highest BCUT2D eigenvalue weighted by Crippen LogP contribution is 2.37. The molecule has 44 heavy (non-hydrogen) atoms. The number of carbonyl (C=O) groups excluding carboxylic acids is 1. The van der Waals surface area contributed by atoms with E-state index in [9.17, 15) is 9.59 Å². The summed E-state index contributed by atoms with van der Waals surface area (Å²) in [7, 11) is 0. The Morgan fingerprint density at radius 2 is 1.61 bits per heavy atom. The summed E-state index contributed by atoms with van der Waals surface area (Å²) >= 11 is 0. The molecule has 0 saturated heterocycles. The number of carbonyl (C=O) groups is 1. The van der Waals surface area contributed by atoms with E-state index in [4.69, 9.17) is 4.74 Å². The Bertz CT molecular complexity index is 1580. The van der Waals surface area contributed by atoms with Gasteiger partial charge >= 0.3 is 6.03 Å². The fraction of sp³-hybridized carbons (Fsp3) is 0.432. The summed E-state index contributed by atoms with van der Waals surface area (Å²) in [6, 6.07) is 17.5. The molecule has 0 atom stereocenters. The molecule has 2 N–H and O–H groups in total. The Balaban J connectivity index is 1.84. The highest BCUT2D eigenvalue weighted by molar-refractivity contribution is 6.09. The number of pyridine rings is 2. The van der Waals surface area contributed by atoms with E-state index in [1.54, 1.807) is 11.1 Å². The van der Waals surface area contributed by atoms with Gasteiger partial charge in [0.15, 0.2) is 0 Å². The van der Waals surface area contributed by atoms with Gasteiger partial charge in [0.05, 0.1) is 6.61 Å². The zero-order valence-electron chi connectivity index (χ0n) is 27.2. The normalized spacial score (nSPS) is 11.4. The van der Waals surface area contributed by atoms with Crippen LogP contribution >= 0.6 is 0 Å². The number of aromatic nitrogens is 2. The number of hydrogen-bond acceptors (Lipinski definition) is 4. The van der Waals surface area contributed by atoms with E-state index in [0.717, 1.165) is 59.2 Å². The first-order valence-corrected chi connectivity index (χ1v) is 16.2. The number of amides is 2. The summed E-state index contributed by atoms with van der Waals surface area (Å²) in [6.45, 7) is 13.8. The Morgan fingerprint density at radius 1 is 0.909 bits per heavy atom. The number of nitrogens with zero attached hydrogens (tertiary/aromatic N) is 2. The van der Waals surface area contributed by atoms with Crippen molar-refractivity contribution in [2.75, 3.05) is 23.4 Å². The van der Waals surface area contributed by atoms with Crippen molar-refractivity contribution in [3.63, 3.8) is 0 Å². The van der Waals surface area contributed by atoms with Crippen LogP contribution in [0.25, 0.3) is 22.2 Å². The lowest BCUT2D eigenvalue weighted by atomic mass is 9.92. The number of H-pyrrole nitrogens is 1. The summed E-state index contributed by atoms with van der Waals surface area (Å²) in [5.41, 5.74) is 4.86. The van der Waals surface area contributed by atoms with E-state index in [0.29, 0.717) is 30.0 Å². The van der Waals surface area contributed by atoms with Crippen molar-refractivity contribution in [3.05, 3.63) is 82.3 Å². The molecular weight excluding hydrogens is 548 g/mol. The minimum absolute atomic E-state index is 0.212. The molecule has 2 aromatic carbocycles. The molecule has 2 aromatic heterocycles. The number of ether oxygens (including phenoxy) is 1. The summed E-state index contributed by atoms with van der Waals surface area (Å²) in [4.78, 5) is 37.3. The lowest BCUT2D eigenvalue weighted by molar-refractivity contribution is 0.256. The first-order valence-electron chi connectivity index (χ1n) is 16.2. The van der Waals surface area contributed by atoms with Crippen molar-refractivity contribution >= 4 is 28.4 Å². The highest BCUT2D eigenvalue weighted by atomic mass is 16.5. The summed E-state index contributed by atoms with van der Waals surface area (Å²) in [6.07, 6.45) is 7.75. The van der Waals surface area contributed by atoms with Gasteiger partial charge in [0, 0.05) is 29.4 Å². The van der Waals surface area contributed by atoms with E-state index in [2.05, 4.69) is 69.0 Å². The van der Waals surface area contributed by atoms with Gasteiger partial charge in [-0.1, -0.05) is 97.6 Å². The van der Waals surface area contributed by atoms with Crippen LogP contribution in [0.15, 0.2) is 65.6 Å². The molecule has 0 aliphatic carbocycles. The molecule has 0 radical (unpaired) electrons. The van der Waals surface area contributed by atoms with Crippen LogP contribution in [0.1, 0.15) is 103 Å². The van der Waals surface area contributed by atoms with Gasteiger partial charge in [-0.15, -0.1) is 0 Å². The van der Waals surface area contributed by atoms with Gasteiger partial charge in [-0.3, -0.25) is 9.69 Å². The Morgan fingerprint density at radius 3 is 2.30 bits per heavy atom. The van der Waals surface area contributed by atoms with Crippen LogP contribution in [0.4, 0.5) is 16.2 Å². The fourth-order valence-electron chi connectivity index (χ4n) is 5.63. The third kappa shape index (κ3) is 7.68. The molecule has 7 nitrogen and oxygen atoms in total. The lowest BCUT2D eigenvalue weighted by Gasteiger charge is -2.28. The average Bonchev–Trinajstić information content (AvgIpc) is 3.01. The lowest BCUT2D eigenvalue weighted by Crippen LogP contribution is -2.40. The number of unbranched alkanes of at least 4 members (excludes halogenated alkanes) is 4. The molecule has 0 saturated carbocycles. The van der Waals surface area contributed by atoms with Crippen LogP contribution < -0.4 is 20.5 Å². The first-order chi connectivity index (χ1) is 21.3. The Hall–Kier alpha value is -4.13. The average molecular weight is 597 g/mol. The number of anilines is 2. The van der Waals surface area contributed by atoms with Gasteiger partial charge in [0.2, 0.25) is 0 Å². The standard InChI is InChI=1S/C37H48N4O3/c1-7-9-11-12-23-44-28-17-13-16-27(24-28)32-31-20-15-21-38-35(31)40-36(42)34(32)41(22-10-8-2)37(43)39-33-29(25(3)4)18-14-19-30(33)26(5)6/h13-21,24-26H,7-12,22-23H2,1-6H3,(H,39,43)(H,38,40,42). The van der Waals surface area contributed by atoms with Gasteiger partial charge in [-0.05, 0) is 65.6 Å². The number of rotatable bonds is 14. The minimum Gasteiger partial charge on any atom is -0.494 e. The Kier molecular flexibility index (Phi) is 11.6. The van der Waals surface area contributed by atoms with Gasteiger partial charge in [0.1, 0.15) is 17.1 Å². The largest absolute Gasteiger partial charge is 0.494 e. The maximum absolute atomic E-state index is 14.4. The van der Waals surface area contributed by atoms with Crippen molar-refractivity contribution in [1.29, 1.82) is 0 Å². The molecule has 4 rings (SSSR count). The first kappa shape index (κ1) is 32.8. The molecule has 4 aromatic rings. The van der Waals surface area contributed by atoms with Crippen LogP contribution in [0.5, 0.6) is 5.75 Å². The maximum atomic E-state index is 14.4. The number of benzene rings is 2. The van der Waals surface area contributed by atoms with Crippen molar-refractivity contribution in [1.82, 2.24) is 9.97 Å². The molecule has 0 aliphatic heterocycles. The topological polar surface area (TPSA) is 87.3 Å². The van der Waals surface area contributed by atoms with Crippen LogP contribution in [-0.4, -0.2) is 29.2 Å². The zero-order chi connectivity index (χ0) is 31.6. The van der Waals surface area contributed by atoms with E-state index < -0.39 is 0 Å². The van der Waals surface area contributed by atoms with Crippen LogP contribution in [0.3, 0.4) is 0 Å².